The minimum Gasteiger partial charge on any atom is -0.366 e. The lowest BCUT2D eigenvalue weighted by Gasteiger charge is -2.31. The molecule has 8 nitrogen and oxygen atoms in total. The summed E-state index contributed by atoms with van der Waals surface area (Å²) in [5, 5.41) is 14.3. The molecule has 188 valence electrons. The monoisotopic (exact) mass is 492 g/mol. The standard InChI is InChI=1S/C24H27F3N4O4/c1-3-29(23(33)24(25,26)27)15-17-5-4-6-19(13-17)28-22(32)18-7-8-20(21(14-18)31(34)35)30-11-9-16(2)10-12-30/h4-8,13-14,16H,3,9-12,15H2,1-2H3,(H,28,32). The van der Waals surface area contributed by atoms with Crippen LogP contribution in [-0.4, -0.2) is 47.4 Å². The summed E-state index contributed by atoms with van der Waals surface area (Å²) in [5.41, 5.74) is 1.07. The summed E-state index contributed by atoms with van der Waals surface area (Å²) in [5.74, 6) is -1.98. The van der Waals surface area contributed by atoms with Crippen LogP contribution in [0.25, 0.3) is 0 Å². The van der Waals surface area contributed by atoms with E-state index in [1.807, 2.05) is 4.90 Å². The first-order chi connectivity index (χ1) is 16.5. The summed E-state index contributed by atoms with van der Waals surface area (Å²) in [6.45, 7) is 4.56. The molecule has 35 heavy (non-hydrogen) atoms. The molecule has 0 aromatic heterocycles. The number of hydrogen-bond donors (Lipinski definition) is 1. The molecule has 0 radical (unpaired) electrons. The summed E-state index contributed by atoms with van der Waals surface area (Å²) in [6.07, 6.45) is -3.12. The molecule has 0 aliphatic carbocycles. The first-order valence-corrected chi connectivity index (χ1v) is 11.3. The Balaban J connectivity index is 1.75. The number of nitro benzene ring substituents is 1. The molecule has 3 rings (SSSR count). The fraction of sp³-hybridized carbons (Fsp3) is 0.417. The van der Waals surface area contributed by atoms with Gasteiger partial charge in [0.2, 0.25) is 0 Å². The van der Waals surface area contributed by atoms with Gasteiger partial charge >= 0.3 is 12.1 Å². The van der Waals surface area contributed by atoms with Crippen LogP contribution in [0.4, 0.5) is 30.2 Å². The average molecular weight is 492 g/mol. The van der Waals surface area contributed by atoms with Crippen molar-refractivity contribution in [2.24, 2.45) is 5.92 Å². The topological polar surface area (TPSA) is 95.8 Å². The number of nitro groups is 1. The van der Waals surface area contributed by atoms with Gasteiger partial charge in [-0.15, -0.1) is 0 Å². The molecule has 0 spiro atoms. The number of nitrogens with one attached hydrogen (secondary N) is 1. The zero-order valence-electron chi connectivity index (χ0n) is 19.5. The van der Waals surface area contributed by atoms with Crippen molar-refractivity contribution >= 4 is 28.9 Å². The maximum absolute atomic E-state index is 12.8. The third-order valence-corrected chi connectivity index (χ3v) is 6.03. The number of nitrogens with zero attached hydrogens (tertiary/aromatic N) is 3. The lowest BCUT2D eigenvalue weighted by atomic mass is 9.98. The van der Waals surface area contributed by atoms with Crippen LogP contribution in [0.5, 0.6) is 0 Å². The highest BCUT2D eigenvalue weighted by Gasteiger charge is 2.41. The van der Waals surface area contributed by atoms with Gasteiger partial charge < -0.3 is 15.1 Å². The van der Waals surface area contributed by atoms with E-state index in [-0.39, 0.29) is 24.3 Å². The van der Waals surface area contributed by atoms with E-state index in [1.165, 1.54) is 25.1 Å². The summed E-state index contributed by atoms with van der Waals surface area (Å²) in [4.78, 5) is 38.1. The van der Waals surface area contributed by atoms with E-state index in [4.69, 9.17) is 0 Å². The van der Waals surface area contributed by atoms with Crippen LogP contribution in [0.2, 0.25) is 0 Å². The van der Waals surface area contributed by atoms with E-state index in [1.54, 1.807) is 24.3 Å². The molecular formula is C24H27F3N4O4. The summed E-state index contributed by atoms with van der Waals surface area (Å²) < 4.78 is 38.3. The van der Waals surface area contributed by atoms with Gasteiger partial charge in [-0.1, -0.05) is 19.1 Å². The number of rotatable bonds is 7. The van der Waals surface area contributed by atoms with E-state index in [0.717, 1.165) is 12.8 Å². The summed E-state index contributed by atoms with van der Waals surface area (Å²) in [6, 6.07) is 10.4. The largest absolute Gasteiger partial charge is 0.471 e. The first-order valence-electron chi connectivity index (χ1n) is 11.3. The number of anilines is 2. The van der Waals surface area contributed by atoms with Gasteiger partial charge in [-0.05, 0) is 55.5 Å². The molecular weight excluding hydrogens is 465 g/mol. The zero-order valence-corrected chi connectivity index (χ0v) is 19.5. The second kappa shape index (κ2) is 10.7. The highest BCUT2D eigenvalue weighted by Crippen LogP contribution is 2.32. The molecule has 1 aliphatic rings. The Morgan fingerprint density at radius 3 is 2.46 bits per heavy atom. The zero-order chi connectivity index (χ0) is 25.8. The third kappa shape index (κ3) is 6.49. The van der Waals surface area contributed by atoms with E-state index in [0.29, 0.717) is 40.8 Å². The Morgan fingerprint density at radius 2 is 1.86 bits per heavy atom. The number of alkyl halides is 3. The molecule has 0 unspecified atom stereocenters. The molecule has 1 saturated heterocycles. The average Bonchev–Trinajstić information content (AvgIpc) is 2.82. The van der Waals surface area contributed by atoms with Crippen LogP contribution in [0.3, 0.4) is 0 Å². The van der Waals surface area contributed by atoms with Crippen LogP contribution in [-0.2, 0) is 11.3 Å². The molecule has 0 bridgehead atoms. The Hall–Kier alpha value is -3.63. The normalized spacial score (nSPS) is 14.5. The summed E-state index contributed by atoms with van der Waals surface area (Å²) in [7, 11) is 0. The van der Waals surface area contributed by atoms with E-state index < -0.39 is 22.9 Å². The molecule has 1 heterocycles. The minimum atomic E-state index is -4.98. The fourth-order valence-electron chi connectivity index (χ4n) is 4.01. The maximum Gasteiger partial charge on any atom is 0.471 e. The molecule has 2 amide bonds. The van der Waals surface area contributed by atoms with Crippen molar-refractivity contribution in [1.29, 1.82) is 0 Å². The van der Waals surface area contributed by atoms with Crippen molar-refractivity contribution < 1.29 is 27.7 Å². The van der Waals surface area contributed by atoms with Gasteiger partial charge in [0.15, 0.2) is 0 Å². The van der Waals surface area contributed by atoms with Gasteiger partial charge in [0.25, 0.3) is 11.6 Å². The van der Waals surface area contributed by atoms with E-state index in [2.05, 4.69) is 12.2 Å². The molecule has 0 saturated carbocycles. The lowest BCUT2D eigenvalue weighted by Crippen LogP contribution is -2.40. The lowest BCUT2D eigenvalue weighted by molar-refractivity contribution is -0.384. The van der Waals surface area contributed by atoms with Crippen LogP contribution in [0.1, 0.15) is 42.6 Å². The van der Waals surface area contributed by atoms with E-state index in [9.17, 15) is 32.9 Å². The molecule has 1 N–H and O–H groups in total. The van der Waals surface area contributed by atoms with Crippen LogP contribution >= 0.6 is 0 Å². The molecule has 11 heteroatoms. The number of amides is 2. The molecule has 1 fully saturated rings. The summed E-state index contributed by atoms with van der Waals surface area (Å²) >= 11 is 0. The Bertz CT molecular complexity index is 1100. The van der Waals surface area contributed by atoms with Gasteiger partial charge in [-0.2, -0.15) is 13.2 Å². The predicted octanol–water partition coefficient (Wildman–Crippen LogP) is 4.99. The maximum atomic E-state index is 12.8. The van der Waals surface area contributed by atoms with Gasteiger partial charge in [0, 0.05) is 43.5 Å². The molecule has 2 aromatic rings. The minimum absolute atomic E-state index is 0.0821. The van der Waals surface area contributed by atoms with Gasteiger partial charge in [0.1, 0.15) is 5.69 Å². The Morgan fingerprint density at radius 1 is 1.17 bits per heavy atom. The van der Waals surface area contributed by atoms with Crippen molar-refractivity contribution in [3.8, 4) is 0 Å². The number of carbonyl (C=O) groups is 2. The highest BCUT2D eigenvalue weighted by atomic mass is 19.4. The highest BCUT2D eigenvalue weighted by molar-refractivity contribution is 6.05. The number of piperidine rings is 1. The van der Waals surface area contributed by atoms with Crippen LogP contribution < -0.4 is 10.2 Å². The number of halogens is 3. The molecule has 1 aliphatic heterocycles. The van der Waals surface area contributed by atoms with Gasteiger partial charge in [-0.3, -0.25) is 19.7 Å². The molecule has 2 aromatic carbocycles. The van der Waals surface area contributed by atoms with Crippen LogP contribution in [0.15, 0.2) is 42.5 Å². The Labute approximate surface area is 200 Å². The van der Waals surface area contributed by atoms with Crippen molar-refractivity contribution in [2.75, 3.05) is 29.9 Å². The Kier molecular flexibility index (Phi) is 7.98. The first kappa shape index (κ1) is 26.0. The number of benzene rings is 2. The number of hydrogen-bond acceptors (Lipinski definition) is 5. The number of carbonyl (C=O) groups excluding carboxylic acids is 2. The second-order valence-electron chi connectivity index (χ2n) is 8.60. The van der Waals surface area contributed by atoms with Gasteiger partial charge in [-0.25, -0.2) is 0 Å². The van der Waals surface area contributed by atoms with Crippen LogP contribution in [0, 0.1) is 16.0 Å². The fourth-order valence-corrected chi connectivity index (χ4v) is 4.01. The molecule has 0 atom stereocenters. The van der Waals surface area contributed by atoms with Crippen molar-refractivity contribution in [2.45, 2.75) is 39.4 Å². The van der Waals surface area contributed by atoms with Crippen molar-refractivity contribution in [3.63, 3.8) is 0 Å². The van der Waals surface area contributed by atoms with Crippen molar-refractivity contribution in [1.82, 2.24) is 4.90 Å². The third-order valence-electron chi connectivity index (χ3n) is 6.03. The smallest absolute Gasteiger partial charge is 0.366 e. The van der Waals surface area contributed by atoms with E-state index >= 15 is 0 Å². The second-order valence-corrected chi connectivity index (χ2v) is 8.60. The quantitative estimate of drug-likeness (QED) is 0.434. The van der Waals surface area contributed by atoms with Crippen molar-refractivity contribution in [3.05, 3.63) is 63.7 Å². The van der Waals surface area contributed by atoms with Gasteiger partial charge in [0.05, 0.1) is 4.92 Å². The predicted molar refractivity (Wildman–Crippen MR) is 125 cm³/mol. The SMILES string of the molecule is CCN(Cc1cccc(NC(=O)c2ccc(N3CCC(C)CC3)c([N+](=O)[O-])c2)c1)C(=O)C(F)(F)F.